The molecule has 0 unspecified atom stereocenters. The summed E-state index contributed by atoms with van der Waals surface area (Å²) in [6.45, 7) is 2.03. The number of hydrogen-bond donors (Lipinski definition) is 0. The predicted octanol–water partition coefficient (Wildman–Crippen LogP) is 3.10. The lowest BCUT2D eigenvalue weighted by Crippen LogP contribution is -2.46. The Kier molecular flexibility index (Phi) is 5.10. The average Bonchev–Trinajstić information content (AvgIpc) is 3.31. The molecule has 5 heteroatoms. The largest absolute Gasteiger partial charge is 0.341 e. The number of ketones is 1. The Labute approximate surface area is 160 Å². The molecule has 1 aromatic heterocycles. The Morgan fingerprint density at radius 2 is 1.96 bits per heavy atom. The van der Waals surface area contributed by atoms with Crippen LogP contribution in [0, 0.1) is 11.3 Å². The Balaban J connectivity index is 1.33. The van der Waals surface area contributed by atoms with E-state index in [-0.39, 0.29) is 17.2 Å². The van der Waals surface area contributed by atoms with Gasteiger partial charge in [0.05, 0.1) is 12.0 Å². The average molecular weight is 365 g/mol. The van der Waals surface area contributed by atoms with Crippen LogP contribution in [-0.4, -0.2) is 39.5 Å². The SMILES string of the molecule is O=C(CCc1ccccc1)[C@H]1CCCN(C(=O)C2(Cn3cccn3)CC2)C1. The maximum Gasteiger partial charge on any atom is 0.230 e. The summed E-state index contributed by atoms with van der Waals surface area (Å²) in [5.74, 6) is 0.513. The molecule has 2 aromatic rings. The maximum atomic E-state index is 13.1. The highest BCUT2D eigenvalue weighted by Crippen LogP contribution is 2.49. The normalized spacial score (nSPS) is 21.0. The minimum atomic E-state index is -0.291. The van der Waals surface area contributed by atoms with E-state index in [0.29, 0.717) is 25.3 Å². The van der Waals surface area contributed by atoms with Crippen LogP contribution in [0.25, 0.3) is 0 Å². The lowest BCUT2D eigenvalue weighted by Gasteiger charge is -2.34. The molecule has 142 valence electrons. The van der Waals surface area contributed by atoms with Crippen LogP contribution in [0.3, 0.4) is 0 Å². The predicted molar refractivity (Wildman–Crippen MR) is 103 cm³/mol. The van der Waals surface area contributed by atoms with Gasteiger partial charge in [0.15, 0.2) is 0 Å². The molecular formula is C22H27N3O2. The van der Waals surface area contributed by atoms with Gasteiger partial charge in [-0.25, -0.2) is 0 Å². The maximum absolute atomic E-state index is 13.1. The second-order valence-corrected chi connectivity index (χ2v) is 8.03. The van der Waals surface area contributed by atoms with Gasteiger partial charge >= 0.3 is 0 Å². The van der Waals surface area contributed by atoms with Crippen molar-refractivity contribution >= 4 is 11.7 Å². The van der Waals surface area contributed by atoms with E-state index < -0.39 is 0 Å². The zero-order valence-electron chi connectivity index (χ0n) is 15.7. The summed E-state index contributed by atoms with van der Waals surface area (Å²) in [5, 5.41) is 4.26. The van der Waals surface area contributed by atoms with Gasteiger partial charge in [0, 0.05) is 37.8 Å². The number of nitrogens with zero attached hydrogens (tertiary/aromatic N) is 3. The number of benzene rings is 1. The summed E-state index contributed by atoms with van der Waals surface area (Å²) in [7, 11) is 0. The summed E-state index contributed by atoms with van der Waals surface area (Å²) < 4.78 is 1.86. The first-order valence-corrected chi connectivity index (χ1v) is 10.00. The first kappa shape index (κ1) is 18.0. The van der Waals surface area contributed by atoms with Gasteiger partial charge in [0.1, 0.15) is 5.78 Å². The fourth-order valence-electron chi connectivity index (χ4n) is 4.17. The van der Waals surface area contributed by atoms with Crippen molar-refractivity contribution in [1.82, 2.24) is 14.7 Å². The second-order valence-electron chi connectivity index (χ2n) is 8.03. The third-order valence-electron chi connectivity index (χ3n) is 6.00. The van der Waals surface area contributed by atoms with Crippen LogP contribution in [0.1, 0.15) is 37.7 Å². The van der Waals surface area contributed by atoms with E-state index in [1.54, 1.807) is 6.20 Å². The first-order valence-electron chi connectivity index (χ1n) is 10.00. The van der Waals surface area contributed by atoms with Crippen molar-refractivity contribution in [3.63, 3.8) is 0 Å². The Bertz CT molecular complexity index is 781. The lowest BCUT2D eigenvalue weighted by molar-refractivity contribution is -0.141. The molecule has 1 atom stereocenters. The molecule has 0 radical (unpaired) electrons. The van der Waals surface area contributed by atoms with Crippen molar-refractivity contribution in [2.75, 3.05) is 13.1 Å². The molecule has 2 aliphatic rings. The van der Waals surface area contributed by atoms with E-state index in [2.05, 4.69) is 17.2 Å². The number of carbonyl (C=O) groups is 2. The minimum absolute atomic E-state index is 0.00749. The van der Waals surface area contributed by atoms with Crippen LogP contribution in [0.5, 0.6) is 0 Å². The van der Waals surface area contributed by atoms with Gasteiger partial charge in [0.25, 0.3) is 0 Å². The van der Waals surface area contributed by atoms with Gasteiger partial charge in [-0.3, -0.25) is 14.3 Å². The highest BCUT2D eigenvalue weighted by atomic mass is 16.2. The number of rotatable bonds is 7. The highest BCUT2D eigenvalue weighted by Gasteiger charge is 2.52. The monoisotopic (exact) mass is 365 g/mol. The zero-order chi connectivity index (χ0) is 18.7. The van der Waals surface area contributed by atoms with Crippen LogP contribution in [0.2, 0.25) is 0 Å². The molecule has 2 fully saturated rings. The van der Waals surface area contributed by atoms with Crippen molar-refractivity contribution in [2.45, 2.75) is 45.1 Å². The van der Waals surface area contributed by atoms with E-state index >= 15 is 0 Å². The Morgan fingerprint density at radius 3 is 2.67 bits per heavy atom. The summed E-state index contributed by atoms with van der Waals surface area (Å²) >= 11 is 0. The number of aryl methyl sites for hydroxylation is 1. The summed E-state index contributed by atoms with van der Waals surface area (Å²) in [5.41, 5.74) is 0.909. The number of piperidine rings is 1. The van der Waals surface area contributed by atoms with Gasteiger partial charge < -0.3 is 4.90 Å². The third kappa shape index (κ3) is 4.12. The van der Waals surface area contributed by atoms with E-state index in [4.69, 9.17) is 0 Å². The third-order valence-corrected chi connectivity index (χ3v) is 6.00. The summed E-state index contributed by atoms with van der Waals surface area (Å²) in [6, 6.07) is 12.0. The van der Waals surface area contributed by atoms with Crippen molar-refractivity contribution in [1.29, 1.82) is 0 Å². The minimum Gasteiger partial charge on any atom is -0.341 e. The molecule has 2 heterocycles. The van der Waals surface area contributed by atoms with Crippen molar-refractivity contribution in [3.8, 4) is 0 Å². The molecule has 1 aromatic carbocycles. The quantitative estimate of drug-likeness (QED) is 0.758. The second kappa shape index (κ2) is 7.67. The molecule has 0 spiro atoms. The molecule has 0 N–H and O–H groups in total. The fourth-order valence-corrected chi connectivity index (χ4v) is 4.17. The standard InChI is InChI=1S/C22H27N3O2/c26-20(10-9-18-6-2-1-3-7-18)19-8-4-14-24(16-19)21(27)22(11-12-22)17-25-15-5-13-23-25/h1-3,5-7,13,15,19H,4,8-12,14,16-17H2/t19-/m0/s1. The molecule has 4 rings (SSSR count). The fraction of sp³-hybridized carbons (Fsp3) is 0.500. The van der Waals surface area contributed by atoms with Gasteiger partial charge in [-0.05, 0) is 43.7 Å². The number of carbonyl (C=O) groups excluding carboxylic acids is 2. The van der Waals surface area contributed by atoms with Crippen molar-refractivity contribution in [2.24, 2.45) is 11.3 Å². The van der Waals surface area contributed by atoms with E-state index in [9.17, 15) is 9.59 Å². The number of aromatic nitrogens is 2. The van der Waals surface area contributed by atoms with Crippen LogP contribution in [0.4, 0.5) is 0 Å². The molecule has 1 aliphatic heterocycles. The Morgan fingerprint density at radius 1 is 1.15 bits per heavy atom. The smallest absolute Gasteiger partial charge is 0.230 e. The number of amides is 1. The van der Waals surface area contributed by atoms with Gasteiger partial charge in [-0.15, -0.1) is 0 Å². The van der Waals surface area contributed by atoms with E-state index in [1.165, 1.54) is 5.56 Å². The zero-order valence-corrected chi connectivity index (χ0v) is 15.7. The van der Waals surface area contributed by atoms with Gasteiger partial charge in [0.2, 0.25) is 5.91 Å². The molecule has 5 nitrogen and oxygen atoms in total. The molecule has 1 saturated heterocycles. The number of hydrogen-bond acceptors (Lipinski definition) is 3. The van der Waals surface area contributed by atoms with E-state index in [0.717, 1.165) is 38.6 Å². The van der Waals surface area contributed by atoms with Crippen LogP contribution in [-0.2, 0) is 22.6 Å². The Hall–Kier alpha value is -2.43. The lowest BCUT2D eigenvalue weighted by atomic mass is 9.89. The van der Waals surface area contributed by atoms with Crippen LogP contribution >= 0.6 is 0 Å². The molecule has 1 aliphatic carbocycles. The number of likely N-dealkylation sites (tertiary alicyclic amines) is 1. The number of Topliss-reactive ketones (excluding diaryl/α,β-unsaturated/α-hetero) is 1. The van der Waals surface area contributed by atoms with Crippen molar-refractivity contribution < 1.29 is 9.59 Å². The first-order chi connectivity index (χ1) is 13.2. The van der Waals surface area contributed by atoms with Gasteiger partial charge in [-0.2, -0.15) is 5.10 Å². The molecule has 0 bridgehead atoms. The molecule has 27 heavy (non-hydrogen) atoms. The highest BCUT2D eigenvalue weighted by molar-refractivity contribution is 5.87. The van der Waals surface area contributed by atoms with E-state index in [1.807, 2.05) is 40.0 Å². The van der Waals surface area contributed by atoms with Gasteiger partial charge in [-0.1, -0.05) is 30.3 Å². The molecular weight excluding hydrogens is 338 g/mol. The van der Waals surface area contributed by atoms with Crippen LogP contribution in [0.15, 0.2) is 48.8 Å². The molecule has 1 saturated carbocycles. The summed E-state index contributed by atoms with van der Waals surface area (Å²) in [4.78, 5) is 27.8. The van der Waals surface area contributed by atoms with Crippen molar-refractivity contribution in [3.05, 3.63) is 54.4 Å². The topological polar surface area (TPSA) is 55.2 Å². The molecule has 1 amide bonds. The summed E-state index contributed by atoms with van der Waals surface area (Å²) in [6.07, 6.45) is 8.70. The van der Waals surface area contributed by atoms with Crippen LogP contribution < -0.4 is 0 Å².